The first-order chi connectivity index (χ1) is 10.1. The predicted molar refractivity (Wildman–Crippen MR) is 84.7 cm³/mol. The van der Waals surface area contributed by atoms with Crippen molar-refractivity contribution in [2.75, 3.05) is 32.7 Å². The number of aliphatic hydroxyl groups is 1. The summed E-state index contributed by atoms with van der Waals surface area (Å²) in [7, 11) is 0. The highest BCUT2D eigenvalue weighted by molar-refractivity contribution is 5.94. The third-order valence-electron chi connectivity index (χ3n) is 4.38. The second-order valence-electron chi connectivity index (χ2n) is 5.98. The molecule has 0 radical (unpaired) electrons. The number of carbonyl (C=O) groups excluding carboxylic acids is 1. The minimum Gasteiger partial charge on any atom is -0.392 e. The largest absolute Gasteiger partial charge is 0.392 e. The van der Waals surface area contributed by atoms with Gasteiger partial charge in [0.05, 0.1) is 11.7 Å². The lowest BCUT2D eigenvalue weighted by atomic mass is 10.1. The zero-order valence-corrected chi connectivity index (χ0v) is 13.3. The van der Waals surface area contributed by atoms with Crippen molar-refractivity contribution >= 4 is 18.3 Å². The van der Waals surface area contributed by atoms with Gasteiger partial charge in [0.1, 0.15) is 5.82 Å². The summed E-state index contributed by atoms with van der Waals surface area (Å²) in [6, 6.07) is 6.11. The highest BCUT2D eigenvalue weighted by Gasteiger charge is 2.32. The van der Waals surface area contributed by atoms with Crippen molar-refractivity contribution in [1.82, 2.24) is 9.80 Å². The summed E-state index contributed by atoms with van der Waals surface area (Å²) in [5, 5.41) is 9.96. The maximum Gasteiger partial charge on any atom is 0.256 e. The van der Waals surface area contributed by atoms with Gasteiger partial charge in [-0.05, 0) is 30.9 Å². The number of amides is 1. The molecule has 0 bridgehead atoms. The molecule has 2 fully saturated rings. The second kappa shape index (κ2) is 7.40. The van der Waals surface area contributed by atoms with Crippen LogP contribution in [0.4, 0.5) is 4.39 Å². The van der Waals surface area contributed by atoms with E-state index in [1.807, 2.05) is 0 Å². The van der Waals surface area contributed by atoms with Crippen LogP contribution in [0.2, 0.25) is 0 Å². The number of nitrogens with zero attached hydrogens (tertiary/aromatic N) is 2. The van der Waals surface area contributed by atoms with E-state index in [1.54, 1.807) is 17.0 Å². The number of aliphatic hydroxyl groups excluding tert-OH is 1. The van der Waals surface area contributed by atoms with Crippen molar-refractivity contribution in [3.63, 3.8) is 0 Å². The van der Waals surface area contributed by atoms with Crippen LogP contribution in [0.1, 0.15) is 23.2 Å². The predicted octanol–water partition coefficient (Wildman–Crippen LogP) is 1.78. The summed E-state index contributed by atoms with van der Waals surface area (Å²) in [5.41, 5.74) is 0.143. The van der Waals surface area contributed by atoms with Crippen LogP contribution in [0.25, 0.3) is 0 Å². The Hall–Kier alpha value is -1.17. The van der Waals surface area contributed by atoms with E-state index in [-0.39, 0.29) is 30.0 Å². The molecule has 1 heterocycles. The minimum atomic E-state index is -0.464. The number of carbonyl (C=O) groups is 1. The van der Waals surface area contributed by atoms with Crippen molar-refractivity contribution in [2.24, 2.45) is 5.92 Å². The average molecular weight is 329 g/mol. The highest BCUT2D eigenvalue weighted by Crippen LogP contribution is 2.32. The Morgan fingerprint density at radius 1 is 1.23 bits per heavy atom. The topological polar surface area (TPSA) is 43.8 Å². The number of β-amino-alcohol motifs (C(OH)–C–C–N with tert-alkyl or cyclic N) is 1. The van der Waals surface area contributed by atoms with Gasteiger partial charge in [-0.25, -0.2) is 4.39 Å². The van der Waals surface area contributed by atoms with Crippen molar-refractivity contribution < 1.29 is 14.3 Å². The molecular formula is C16H22ClFN2O2. The van der Waals surface area contributed by atoms with E-state index in [1.165, 1.54) is 12.1 Å². The molecule has 1 unspecified atom stereocenters. The summed E-state index contributed by atoms with van der Waals surface area (Å²) >= 11 is 0. The standard InChI is InChI=1S/C16H21FN2O2.ClH/c17-14-4-2-1-3-13(14)16(21)19-9-7-18(8-10-19)11-15(20)12-5-6-12;/h1-4,12,15,20H,5-11H2;1H. The van der Waals surface area contributed by atoms with Crippen LogP contribution in [0.15, 0.2) is 24.3 Å². The molecule has 1 aromatic rings. The molecule has 1 saturated carbocycles. The summed E-state index contributed by atoms with van der Waals surface area (Å²) in [6.07, 6.45) is 2.03. The summed E-state index contributed by atoms with van der Waals surface area (Å²) in [5.74, 6) is -0.229. The van der Waals surface area contributed by atoms with E-state index in [4.69, 9.17) is 0 Å². The molecule has 3 rings (SSSR count). The van der Waals surface area contributed by atoms with E-state index in [0.29, 0.717) is 25.6 Å². The fraction of sp³-hybridized carbons (Fsp3) is 0.562. The minimum absolute atomic E-state index is 0. The van der Waals surface area contributed by atoms with Crippen LogP contribution in [0.5, 0.6) is 0 Å². The molecule has 1 N–H and O–H groups in total. The Morgan fingerprint density at radius 3 is 2.45 bits per heavy atom. The van der Waals surface area contributed by atoms with Gasteiger partial charge in [-0.2, -0.15) is 0 Å². The summed E-state index contributed by atoms with van der Waals surface area (Å²) in [6.45, 7) is 3.34. The van der Waals surface area contributed by atoms with E-state index < -0.39 is 5.82 Å². The van der Waals surface area contributed by atoms with Crippen molar-refractivity contribution in [2.45, 2.75) is 18.9 Å². The van der Waals surface area contributed by atoms with E-state index in [2.05, 4.69) is 4.90 Å². The Labute approximate surface area is 136 Å². The number of hydrogen-bond donors (Lipinski definition) is 1. The van der Waals surface area contributed by atoms with Gasteiger partial charge >= 0.3 is 0 Å². The van der Waals surface area contributed by atoms with Crippen LogP contribution < -0.4 is 0 Å². The molecule has 1 amide bonds. The number of hydrogen-bond acceptors (Lipinski definition) is 3. The first-order valence-electron chi connectivity index (χ1n) is 7.59. The Kier molecular flexibility index (Phi) is 5.78. The van der Waals surface area contributed by atoms with Gasteiger partial charge in [-0.15, -0.1) is 12.4 Å². The maximum absolute atomic E-state index is 13.6. The monoisotopic (exact) mass is 328 g/mol. The number of rotatable bonds is 4. The molecule has 0 spiro atoms. The summed E-state index contributed by atoms with van der Waals surface area (Å²) < 4.78 is 13.6. The molecule has 2 aliphatic rings. The Balaban J connectivity index is 0.00000176. The van der Waals surface area contributed by atoms with Gasteiger partial charge in [0.25, 0.3) is 5.91 Å². The smallest absolute Gasteiger partial charge is 0.256 e. The fourth-order valence-electron chi connectivity index (χ4n) is 2.83. The lowest BCUT2D eigenvalue weighted by molar-refractivity contribution is 0.0485. The van der Waals surface area contributed by atoms with Gasteiger partial charge in [-0.3, -0.25) is 9.69 Å². The number of piperazine rings is 1. The molecular weight excluding hydrogens is 307 g/mol. The number of benzene rings is 1. The molecule has 1 aliphatic heterocycles. The lowest BCUT2D eigenvalue weighted by Gasteiger charge is -2.35. The highest BCUT2D eigenvalue weighted by atomic mass is 35.5. The van der Waals surface area contributed by atoms with E-state index in [9.17, 15) is 14.3 Å². The van der Waals surface area contributed by atoms with Gasteiger partial charge < -0.3 is 10.0 Å². The molecule has 22 heavy (non-hydrogen) atoms. The van der Waals surface area contributed by atoms with Gasteiger partial charge in [0.2, 0.25) is 0 Å². The first-order valence-corrected chi connectivity index (χ1v) is 7.59. The SMILES string of the molecule is Cl.O=C(c1ccccc1F)N1CCN(CC(O)C2CC2)CC1. The zero-order chi connectivity index (χ0) is 14.8. The molecule has 1 saturated heterocycles. The van der Waals surface area contributed by atoms with Crippen LogP contribution in [0, 0.1) is 11.7 Å². The van der Waals surface area contributed by atoms with Gasteiger partial charge in [0.15, 0.2) is 0 Å². The first kappa shape index (κ1) is 17.2. The Morgan fingerprint density at radius 2 is 1.86 bits per heavy atom. The second-order valence-corrected chi connectivity index (χ2v) is 5.98. The third kappa shape index (κ3) is 3.97. The molecule has 1 aromatic carbocycles. The van der Waals surface area contributed by atoms with Crippen molar-refractivity contribution in [3.8, 4) is 0 Å². The fourth-order valence-corrected chi connectivity index (χ4v) is 2.83. The molecule has 4 nitrogen and oxygen atoms in total. The molecule has 6 heteroatoms. The Bertz CT molecular complexity index is 517. The van der Waals surface area contributed by atoms with E-state index in [0.717, 1.165) is 25.9 Å². The molecule has 122 valence electrons. The molecule has 1 atom stereocenters. The zero-order valence-electron chi connectivity index (χ0n) is 12.4. The van der Waals surface area contributed by atoms with Crippen LogP contribution in [-0.2, 0) is 0 Å². The van der Waals surface area contributed by atoms with Crippen LogP contribution in [0.3, 0.4) is 0 Å². The van der Waals surface area contributed by atoms with Crippen molar-refractivity contribution in [1.29, 1.82) is 0 Å². The quantitative estimate of drug-likeness (QED) is 0.916. The van der Waals surface area contributed by atoms with Crippen molar-refractivity contribution in [3.05, 3.63) is 35.6 Å². The van der Waals surface area contributed by atoms with Crippen LogP contribution in [-0.4, -0.2) is 59.6 Å². The maximum atomic E-state index is 13.6. The average Bonchev–Trinajstić information content (AvgIpc) is 3.32. The lowest BCUT2D eigenvalue weighted by Crippen LogP contribution is -2.50. The molecule has 0 aromatic heterocycles. The molecule has 1 aliphatic carbocycles. The van der Waals surface area contributed by atoms with Gasteiger partial charge in [0, 0.05) is 32.7 Å². The normalized spacial score (nSPS) is 20.4. The number of halogens is 2. The van der Waals surface area contributed by atoms with Gasteiger partial charge in [-0.1, -0.05) is 12.1 Å². The summed E-state index contributed by atoms with van der Waals surface area (Å²) in [4.78, 5) is 16.2. The van der Waals surface area contributed by atoms with E-state index >= 15 is 0 Å². The van der Waals surface area contributed by atoms with Crippen LogP contribution >= 0.6 is 12.4 Å². The third-order valence-corrected chi connectivity index (χ3v) is 4.38.